The molecule has 10 nitrogen and oxygen atoms in total. The van der Waals surface area contributed by atoms with Gasteiger partial charge < -0.3 is 29.3 Å². The van der Waals surface area contributed by atoms with Gasteiger partial charge in [-0.15, -0.1) is 0 Å². The predicted molar refractivity (Wildman–Crippen MR) is 122 cm³/mol. The van der Waals surface area contributed by atoms with E-state index < -0.39 is 30.3 Å². The minimum absolute atomic E-state index is 0.00109. The van der Waals surface area contributed by atoms with Gasteiger partial charge in [-0.3, -0.25) is 4.79 Å². The summed E-state index contributed by atoms with van der Waals surface area (Å²) in [7, 11) is 2.92. The maximum Gasteiger partial charge on any atom is 0.410 e. The highest BCUT2D eigenvalue weighted by molar-refractivity contribution is 5.99. The van der Waals surface area contributed by atoms with Crippen LogP contribution < -0.4 is 14.8 Å². The lowest BCUT2D eigenvalue weighted by Crippen LogP contribution is -2.50. The molecule has 3 heterocycles. The van der Waals surface area contributed by atoms with Gasteiger partial charge in [0.2, 0.25) is 0 Å². The van der Waals surface area contributed by atoms with E-state index in [1.54, 1.807) is 25.1 Å². The first-order valence-electron chi connectivity index (χ1n) is 11.5. The second kappa shape index (κ2) is 10.2. The molecule has 2 atom stereocenters. The van der Waals surface area contributed by atoms with Gasteiger partial charge in [0.1, 0.15) is 11.4 Å². The van der Waals surface area contributed by atoms with E-state index in [9.17, 15) is 22.8 Å². The third-order valence-electron chi connectivity index (χ3n) is 6.37. The molecular formula is C23H28F3N5O5. The number of piperazine rings is 1. The topological polar surface area (TPSA) is 98.2 Å². The van der Waals surface area contributed by atoms with E-state index in [-0.39, 0.29) is 50.6 Å². The maximum absolute atomic E-state index is 14.0. The molecule has 1 saturated heterocycles. The first-order chi connectivity index (χ1) is 17.2. The van der Waals surface area contributed by atoms with Crippen LogP contribution >= 0.6 is 0 Å². The molecule has 1 fully saturated rings. The average molecular weight is 512 g/mol. The fourth-order valence-electron chi connectivity index (χ4n) is 4.48. The maximum atomic E-state index is 14.0. The SMILES string of the molecule is CCOC(=O)N1CCN(C(=O)c2cnn3c2N[C@@H](c2ccc(OC)c(OC)c2)C[C@@H]3C(F)(F)F)CC1. The molecule has 0 bridgehead atoms. The normalized spacial score (nSPS) is 19.8. The second-order valence-electron chi connectivity index (χ2n) is 8.43. The lowest BCUT2D eigenvalue weighted by atomic mass is 9.96. The van der Waals surface area contributed by atoms with Gasteiger partial charge in [0.05, 0.1) is 33.1 Å². The number of benzene rings is 1. The molecule has 196 valence electrons. The van der Waals surface area contributed by atoms with Crippen LogP contribution in [0, 0.1) is 0 Å². The predicted octanol–water partition coefficient (Wildman–Crippen LogP) is 3.47. The number of halogens is 3. The van der Waals surface area contributed by atoms with E-state index in [2.05, 4.69) is 10.4 Å². The lowest BCUT2D eigenvalue weighted by Gasteiger charge is -2.36. The summed E-state index contributed by atoms with van der Waals surface area (Å²) in [5, 5.41) is 7.02. The van der Waals surface area contributed by atoms with E-state index in [1.165, 1.54) is 24.0 Å². The van der Waals surface area contributed by atoms with Crippen LogP contribution in [-0.4, -0.2) is 84.8 Å². The van der Waals surface area contributed by atoms with E-state index in [0.29, 0.717) is 17.1 Å². The second-order valence-corrected chi connectivity index (χ2v) is 8.43. The summed E-state index contributed by atoms with van der Waals surface area (Å²) < 4.78 is 58.5. The Hall–Kier alpha value is -3.64. The van der Waals surface area contributed by atoms with Gasteiger partial charge in [-0.05, 0) is 24.6 Å². The minimum Gasteiger partial charge on any atom is -0.493 e. The fourth-order valence-corrected chi connectivity index (χ4v) is 4.48. The third kappa shape index (κ3) is 4.86. The van der Waals surface area contributed by atoms with Crippen LogP contribution in [0.1, 0.15) is 41.3 Å². The molecule has 13 heteroatoms. The van der Waals surface area contributed by atoms with Crippen molar-refractivity contribution in [2.75, 3.05) is 52.3 Å². The molecule has 0 radical (unpaired) electrons. The molecule has 0 unspecified atom stereocenters. The molecular weight excluding hydrogens is 483 g/mol. The molecule has 2 aromatic rings. The van der Waals surface area contributed by atoms with Crippen LogP contribution in [0.5, 0.6) is 11.5 Å². The molecule has 0 aliphatic carbocycles. The number of anilines is 1. The van der Waals surface area contributed by atoms with Gasteiger partial charge in [-0.1, -0.05) is 6.07 Å². The number of carbonyl (C=O) groups excluding carboxylic acids is 2. The Morgan fingerprint density at radius 1 is 1.08 bits per heavy atom. The van der Waals surface area contributed by atoms with Crippen LogP contribution in [0.3, 0.4) is 0 Å². The molecule has 4 rings (SSSR count). The number of ether oxygens (including phenoxy) is 3. The number of nitrogens with one attached hydrogen (secondary N) is 1. The molecule has 0 spiro atoms. The van der Waals surface area contributed by atoms with Crippen molar-refractivity contribution < 1.29 is 37.0 Å². The van der Waals surface area contributed by atoms with Crippen LogP contribution in [0.4, 0.5) is 23.8 Å². The zero-order valence-electron chi connectivity index (χ0n) is 20.2. The van der Waals surface area contributed by atoms with Gasteiger partial charge in [0.15, 0.2) is 17.5 Å². The molecule has 2 amide bonds. The molecule has 2 aliphatic rings. The largest absolute Gasteiger partial charge is 0.493 e. The lowest BCUT2D eigenvalue weighted by molar-refractivity contribution is -0.173. The van der Waals surface area contributed by atoms with Gasteiger partial charge in [-0.25, -0.2) is 9.48 Å². The zero-order chi connectivity index (χ0) is 26.0. The van der Waals surface area contributed by atoms with Crippen molar-refractivity contribution >= 4 is 17.8 Å². The van der Waals surface area contributed by atoms with Crippen molar-refractivity contribution in [2.24, 2.45) is 0 Å². The first-order valence-corrected chi connectivity index (χ1v) is 11.5. The van der Waals surface area contributed by atoms with E-state index in [1.807, 2.05) is 0 Å². The fraction of sp³-hybridized carbons (Fsp3) is 0.522. The summed E-state index contributed by atoms with van der Waals surface area (Å²) in [4.78, 5) is 28.2. The molecule has 1 aromatic carbocycles. The van der Waals surface area contributed by atoms with Crippen LogP contribution in [0.25, 0.3) is 0 Å². The number of aromatic nitrogens is 2. The Kier molecular flexibility index (Phi) is 7.18. The van der Waals surface area contributed by atoms with Gasteiger partial charge >= 0.3 is 12.3 Å². The van der Waals surface area contributed by atoms with Crippen molar-refractivity contribution in [2.45, 2.75) is 31.6 Å². The Balaban J connectivity index is 1.60. The first kappa shape index (κ1) is 25.5. The molecule has 0 saturated carbocycles. The summed E-state index contributed by atoms with van der Waals surface area (Å²) in [5.41, 5.74) is 0.592. The van der Waals surface area contributed by atoms with Gasteiger partial charge in [-0.2, -0.15) is 18.3 Å². The number of hydrogen-bond donors (Lipinski definition) is 1. The number of methoxy groups -OCH3 is 2. The number of alkyl halides is 3. The number of carbonyl (C=O) groups is 2. The Morgan fingerprint density at radius 2 is 1.75 bits per heavy atom. The summed E-state index contributed by atoms with van der Waals surface area (Å²) in [6.07, 6.45) is -4.19. The average Bonchev–Trinajstić information content (AvgIpc) is 3.30. The highest BCUT2D eigenvalue weighted by atomic mass is 19.4. The van der Waals surface area contributed by atoms with E-state index >= 15 is 0 Å². The summed E-state index contributed by atoms with van der Waals surface area (Å²) in [6, 6.07) is 2.22. The Morgan fingerprint density at radius 3 is 2.36 bits per heavy atom. The molecule has 36 heavy (non-hydrogen) atoms. The van der Waals surface area contributed by atoms with Gasteiger partial charge in [0, 0.05) is 32.6 Å². The summed E-state index contributed by atoms with van der Waals surface area (Å²) >= 11 is 0. The number of nitrogens with zero attached hydrogens (tertiary/aromatic N) is 4. The minimum atomic E-state index is -4.58. The monoisotopic (exact) mass is 511 g/mol. The summed E-state index contributed by atoms with van der Waals surface area (Å²) in [6.45, 7) is 2.93. The molecule has 1 aromatic heterocycles. The number of hydrogen-bond acceptors (Lipinski definition) is 7. The highest BCUT2D eigenvalue weighted by Crippen LogP contribution is 2.45. The van der Waals surface area contributed by atoms with E-state index in [4.69, 9.17) is 14.2 Å². The Bertz CT molecular complexity index is 1110. The number of rotatable bonds is 5. The van der Waals surface area contributed by atoms with Crippen LogP contribution in [-0.2, 0) is 4.74 Å². The zero-order valence-corrected chi connectivity index (χ0v) is 20.2. The standard InChI is InChI=1S/C23H28F3N5O5/c1-4-36-22(33)30-9-7-29(8-10-30)21(32)15-13-27-31-19(23(24,25)26)12-16(28-20(15)31)14-5-6-17(34-2)18(11-14)35-3/h5-6,11,13,16,19,28H,4,7-10,12H2,1-3H3/t16-,19-/m1/s1. The smallest absolute Gasteiger partial charge is 0.410 e. The molecule has 1 N–H and O–H groups in total. The molecule has 2 aliphatic heterocycles. The van der Waals surface area contributed by atoms with E-state index in [0.717, 1.165) is 10.9 Å². The highest BCUT2D eigenvalue weighted by Gasteiger charge is 2.47. The van der Waals surface area contributed by atoms with Crippen molar-refractivity contribution in [3.8, 4) is 11.5 Å². The van der Waals surface area contributed by atoms with Crippen molar-refractivity contribution in [1.29, 1.82) is 0 Å². The van der Waals surface area contributed by atoms with Crippen molar-refractivity contribution in [1.82, 2.24) is 19.6 Å². The number of fused-ring (bicyclic) bond motifs is 1. The summed E-state index contributed by atoms with van der Waals surface area (Å²) in [5.74, 6) is 0.379. The van der Waals surface area contributed by atoms with Gasteiger partial charge in [0.25, 0.3) is 5.91 Å². The van der Waals surface area contributed by atoms with Crippen molar-refractivity contribution in [3.63, 3.8) is 0 Å². The third-order valence-corrected chi connectivity index (χ3v) is 6.37. The van der Waals surface area contributed by atoms with Crippen LogP contribution in [0.15, 0.2) is 24.4 Å². The van der Waals surface area contributed by atoms with Crippen LogP contribution in [0.2, 0.25) is 0 Å². The van der Waals surface area contributed by atoms with Crippen molar-refractivity contribution in [3.05, 3.63) is 35.5 Å². The quantitative estimate of drug-likeness (QED) is 0.657. The Labute approximate surface area is 205 Å². The number of amides is 2.